The maximum absolute atomic E-state index is 13.0. The predicted molar refractivity (Wildman–Crippen MR) is 103 cm³/mol. The van der Waals surface area contributed by atoms with E-state index in [1.165, 1.54) is 6.20 Å². The Labute approximate surface area is 164 Å². The summed E-state index contributed by atoms with van der Waals surface area (Å²) in [7, 11) is 0. The van der Waals surface area contributed by atoms with Crippen LogP contribution in [0.15, 0.2) is 43.0 Å². The molecule has 0 unspecified atom stereocenters. The van der Waals surface area contributed by atoms with E-state index in [0.717, 1.165) is 11.1 Å². The van der Waals surface area contributed by atoms with Gasteiger partial charge in [-0.1, -0.05) is 12.0 Å². The van der Waals surface area contributed by atoms with Crippen LogP contribution in [-0.2, 0) is 4.79 Å². The van der Waals surface area contributed by atoms with Gasteiger partial charge in [-0.3, -0.25) is 4.79 Å². The van der Waals surface area contributed by atoms with Crippen molar-refractivity contribution in [2.45, 2.75) is 20.4 Å². The molecule has 0 spiro atoms. The third-order valence-electron chi connectivity index (χ3n) is 4.63. The van der Waals surface area contributed by atoms with Gasteiger partial charge in [0.1, 0.15) is 16.6 Å². The topological polar surface area (TPSA) is 91.1 Å². The molecule has 0 aliphatic heterocycles. The van der Waals surface area contributed by atoms with Crippen molar-refractivity contribution in [1.82, 2.24) is 24.4 Å². The van der Waals surface area contributed by atoms with Crippen LogP contribution >= 0.6 is 0 Å². The molecule has 29 heavy (non-hydrogen) atoms. The van der Waals surface area contributed by atoms with Crippen molar-refractivity contribution in [2.75, 3.05) is 0 Å². The molecule has 0 bridgehead atoms. The van der Waals surface area contributed by atoms with E-state index in [2.05, 4.69) is 27.0 Å². The van der Waals surface area contributed by atoms with Gasteiger partial charge in [0.05, 0.1) is 17.9 Å². The number of carbonyl (C=O) groups is 1. The molecule has 2 N–H and O–H groups in total. The van der Waals surface area contributed by atoms with Gasteiger partial charge in [-0.15, -0.1) is 0 Å². The Kier molecular flexibility index (Phi) is 4.27. The first-order valence-electron chi connectivity index (χ1n) is 8.69. The first-order valence-corrected chi connectivity index (χ1v) is 8.69. The van der Waals surface area contributed by atoms with Crippen molar-refractivity contribution >= 4 is 22.3 Å². The first-order chi connectivity index (χ1) is 13.8. The summed E-state index contributed by atoms with van der Waals surface area (Å²) in [5, 5.41) is 8.64. The van der Waals surface area contributed by atoms with Gasteiger partial charge >= 0.3 is 6.55 Å². The smallest absolute Gasteiger partial charge is 0.333 e. The Hall–Kier alpha value is -3.80. The summed E-state index contributed by atoms with van der Waals surface area (Å²) in [4.78, 5) is 15.9. The normalized spacial score (nSPS) is 11.8. The summed E-state index contributed by atoms with van der Waals surface area (Å²) < 4.78 is 28.4. The molecule has 146 valence electrons. The minimum absolute atomic E-state index is 0.335. The Morgan fingerprint density at radius 3 is 2.76 bits per heavy atom. The molecule has 0 saturated carbocycles. The molecule has 3 aromatic heterocycles. The molecule has 0 aliphatic rings. The number of primary amides is 1. The van der Waals surface area contributed by atoms with Gasteiger partial charge in [0.2, 0.25) is 5.91 Å². The quantitative estimate of drug-likeness (QED) is 0.541. The number of carbonyl (C=O) groups excluding carboxylic acids is 1. The first kappa shape index (κ1) is 18.6. The number of halogens is 2. The number of nitrogens with zero attached hydrogens (tertiary/aromatic N) is 5. The van der Waals surface area contributed by atoms with E-state index in [1.54, 1.807) is 55.2 Å². The standard InChI is InChI=1S/C20H16F2N6O/c1-20(2,18(23)29)6-5-15-17-14(11-25-27(17)8-7-24-15)12-3-4-16-13(9-12)10-26-28(16)19(21)22/h3-4,7-11,19H,1-2H3,(H2,23,29). The largest absolute Gasteiger partial charge is 0.368 e. The summed E-state index contributed by atoms with van der Waals surface area (Å²) in [6.45, 7) is 0.554. The maximum Gasteiger partial charge on any atom is 0.333 e. The second-order valence-electron chi connectivity index (χ2n) is 7.01. The van der Waals surface area contributed by atoms with Gasteiger partial charge in [-0.05, 0) is 37.5 Å². The number of amides is 1. The summed E-state index contributed by atoms with van der Waals surface area (Å²) in [6.07, 6.45) is 6.28. The minimum Gasteiger partial charge on any atom is -0.368 e. The van der Waals surface area contributed by atoms with Crippen LogP contribution in [0.3, 0.4) is 0 Å². The number of nitrogens with two attached hydrogens (primary N) is 1. The van der Waals surface area contributed by atoms with E-state index >= 15 is 0 Å². The van der Waals surface area contributed by atoms with E-state index in [9.17, 15) is 13.6 Å². The van der Waals surface area contributed by atoms with Crippen LogP contribution in [0, 0.1) is 17.3 Å². The van der Waals surface area contributed by atoms with Crippen LogP contribution in [0.25, 0.3) is 27.5 Å². The number of rotatable bonds is 3. The fourth-order valence-corrected chi connectivity index (χ4v) is 2.90. The van der Waals surface area contributed by atoms with Gasteiger partial charge in [0.15, 0.2) is 0 Å². The number of alkyl halides is 2. The zero-order valence-electron chi connectivity index (χ0n) is 15.6. The molecule has 3 heterocycles. The lowest BCUT2D eigenvalue weighted by Crippen LogP contribution is -2.29. The highest BCUT2D eigenvalue weighted by atomic mass is 19.3. The summed E-state index contributed by atoms with van der Waals surface area (Å²) >= 11 is 0. The zero-order chi connectivity index (χ0) is 20.8. The van der Waals surface area contributed by atoms with Gasteiger partial charge in [-0.25, -0.2) is 14.2 Å². The Morgan fingerprint density at radius 2 is 2.03 bits per heavy atom. The van der Waals surface area contributed by atoms with Crippen molar-refractivity contribution in [3.05, 3.63) is 48.7 Å². The molecule has 0 atom stereocenters. The molecule has 0 aliphatic carbocycles. The van der Waals surface area contributed by atoms with E-state index in [1.807, 2.05) is 0 Å². The molecule has 1 aromatic carbocycles. The monoisotopic (exact) mass is 394 g/mol. The third kappa shape index (κ3) is 3.18. The van der Waals surface area contributed by atoms with Crippen LogP contribution in [0.1, 0.15) is 26.1 Å². The second-order valence-corrected chi connectivity index (χ2v) is 7.01. The van der Waals surface area contributed by atoms with Crippen LogP contribution < -0.4 is 5.73 Å². The molecular formula is C20H16F2N6O. The second kappa shape index (κ2) is 6.67. The average Bonchev–Trinajstić information content (AvgIpc) is 3.30. The summed E-state index contributed by atoms with van der Waals surface area (Å²) in [5.74, 6) is 5.24. The summed E-state index contributed by atoms with van der Waals surface area (Å²) in [6, 6.07) is 5.07. The highest BCUT2D eigenvalue weighted by Crippen LogP contribution is 2.30. The van der Waals surface area contributed by atoms with Crippen molar-refractivity contribution in [3.8, 4) is 23.0 Å². The number of benzene rings is 1. The lowest BCUT2D eigenvalue weighted by molar-refractivity contribution is -0.123. The van der Waals surface area contributed by atoms with Gasteiger partial charge in [0, 0.05) is 23.3 Å². The van der Waals surface area contributed by atoms with Gasteiger partial charge < -0.3 is 5.73 Å². The van der Waals surface area contributed by atoms with E-state index in [0.29, 0.717) is 26.8 Å². The molecule has 0 fully saturated rings. The molecule has 7 nitrogen and oxygen atoms in total. The zero-order valence-corrected chi connectivity index (χ0v) is 15.6. The molecule has 0 radical (unpaired) electrons. The summed E-state index contributed by atoms with van der Waals surface area (Å²) in [5.41, 5.74) is 7.25. The molecule has 4 rings (SSSR count). The number of aromatic nitrogens is 5. The minimum atomic E-state index is -2.71. The SMILES string of the molecule is CC(C)(C#Cc1nccn2ncc(-c3ccc4c(cnn4C(F)F)c3)c12)C(N)=O. The number of hydrogen-bond donors (Lipinski definition) is 1. The molecule has 1 amide bonds. The number of hydrogen-bond acceptors (Lipinski definition) is 4. The Balaban J connectivity index is 1.87. The van der Waals surface area contributed by atoms with Crippen molar-refractivity contribution < 1.29 is 13.6 Å². The average molecular weight is 394 g/mol. The number of fused-ring (bicyclic) bond motifs is 2. The van der Waals surface area contributed by atoms with Crippen LogP contribution in [0.2, 0.25) is 0 Å². The van der Waals surface area contributed by atoms with Crippen molar-refractivity contribution in [2.24, 2.45) is 11.1 Å². The highest BCUT2D eigenvalue weighted by molar-refractivity contribution is 5.90. The van der Waals surface area contributed by atoms with Gasteiger partial charge in [-0.2, -0.15) is 19.0 Å². The van der Waals surface area contributed by atoms with E-state index in [-0.39, 0.29) is 0 Å². The van der Waals surface area contributed by atoms with E-state index < -0.39 is 17.9 Å². The Morgan fingerprint density at radius 1 is 1.24 bits per heavy atom. The van der Waals surface area contributed by atoms with Crippen LogP contribution in [0.4, 0.5) is 8.78 Å². The lowest BCUT2D eigenvalue weighted by Gasteiger charge is -2.11. The maximum atomic E-state index is 13.0. The van der Waals surface area contributed by atoms with Crippen LogP contribution in [-0.4, -0.2) is 30.3 Å². The molecular weight excluding hydrogens is 378 g/mol. The van der Waals surface area contributed by atoms with Crippen LogP contribution in [0.5, 0.6) is 0 Å². The lowest BCUT2D eigenvalue weighted by atomic mass is 9.93. The predicted octanol–water partition coefficient (Wildman–Crippen LogP) is 3.00. The highest BCUT2D eigenvalue weighted by Gasteiger charge is 2.22. The fraction of sp³-hybridized carbons (Fsp3) is 0.200. The molecule has 9 heteroatoms. The fourth-order valence-electron chi connectivity index (χ4n) is 2.90. The molecule has 4 aromatic rings. The Bertz CT molecular complexity index is 1310. The molecule has 0 saturated heterocycles. The van der Waals surface area contributed by atoms with Crippen molar-refractivity contribution in [3.63, 3.8) is 0 Å². The van der Waals surface area contributed by atoms with Gasteiger partial charge in [0.25, 0.3) is 0 Å². The third-order valence-corrected chi connectivity index (χ3v) is 4.63. The van der Waals surface area contributed by atoms with E-state index in [4.69, 9.17) is 5.73 Å². The van der Waals surface area contributed by atoms with Crippen molar-refractivity contribution in [1.29, 1.82) is 0 Å².